The molecule has 2 nitrogen and oxygen atoms in total. The summed E-state index contributed by atoms with van der Waals surface area (Å²) in [4.78, 5) is 0. The first-order valence-corrected chi connectivity index (χ1v) is 4.77. The lowest BCUT2D eigenvalue weighted by molar-refractivity contribution is 0.385. The largest absolute Gasteiger partial charge is 0.495 e. The Hall–Kier alpha value is -0.520. The third-order valence-corrected chi connectivity index (χ3v) is 2.72. The van der Waals surface area contributed by atoms with Crippen molar-refractivity contribution in [1.82, 2.24) is 0 Å². The average Bonchev–Trinajstić information content (AvgIpc) is 2.18. The van der Waals surface area contributed by atoms with E-state index >= 15 is 0 Å². The lowest BCUT2D eigenvalue weighted by Crippen LogP contribution is -1.94. The summed E-state index contributed by atoms with van der Waals surface area (Å²) in [6.07, 6.45) is 0. The number of alkyl halides is 1. The van der Waals surface area contributed by atoms with Gasteiger partial charge >= 0.3 is 0 Å². The van der Waals surface area contributed by atoms with Crippen LogP contribution in [0.5, 0.6) is 11.5 Å². The van der Waals surface area contributed by atoms with Crippen LogP contribution in [0.15, 0.2) is 12.1 Å². The van der Waals surface area contributed by atoms with E-state index in [2.05, 4.69) is 22.6 Å². The van der Waals surface area contributed by atoms with Gasteiger partial charge in [-0.2, -0.15) is 0 Å². The summed E-state index contributed by atoms with van der Waals surface area (Å²) in [5.41, 5.74) is 0.564. The molecule has 72 valence electrons. The molecule has 0 unspecified atom stereocenters. The minimum atomic E-state index is -0.510. The van der Waals surface area contributed by atoms with Crippen molar-refractivity contribution >= 4 is 22.6 Å². The Bertz CT molecular complexity index is 277. The van der Waals surface area contributed by atoms with Crippen LogP contribution in [0, 0.1) is 3.57 Å². The zero-order valence-corrected chi connectivity index (χ0v) is 9.59. The van der Waals surface area contributed by atoms with Crippen LogP contribution >= 0.6 is 22.6 Å². The van der Waals surface area contributed by atoms with Gasteiger partial charge in [-0.15, -0.1) is 0 Å². The first kappa shape index (κ1) is 10.6. The third-order valence-electron chi connectivity index (χ3n) is 1.66. The van der Waals surface area contributed by atoms with Crippen molar-refractivity contribution < 1.29 is 13.9 Å². The molecule has 1 rings (SSSR count). The van der Waals surface area contributed by atoms with Crippen molar-refractivity contribution in [2.45, 2.75) is 6.67 Å². The molecule has 0 N–H and O–H groups in total. The average molecular weight is 296 g/mol. The fourth-order valence-corrected chi connectivity index (χ4v) is 1.75. The van der Waals surface area contributed by atoms with Crippen LogP contribution in [0.25, 0.3) is 0 Å². The number of rotatable bonds is 3. The second-order valence-electron chi connectivity index (χ2n) is 2.45. The van der Waals surface area contributed by atoms with E-state index in [1.807, 2.05) is 0 Å². The molecule has 0 fully saturated rings. The normalized spacial score (nSPS) is 9.85. The summed E-state index contributed by atoms with van der Waals surface area (Å²) in [5.74, 6) is 1.29. The lowest BCUT2D eigenvalue weighted by atomic mass is 10.2. The molecule has 0 saturated heterocycles. The molecule has 0 spiro atoms. The highest BCUT2D eigenvalue weighted by Gasteiger charge is 2.08. The van der Waals surface area contributed by atoms with Crippen LogP contribution in [-0.2, 0) is 6.67 Å². The second-order valence-corrected chi connectivity index (χ2v) is 3.53. The summed E-state index contributed by atoms with van der Waals surface area (Å²) in [6.45, 7) is -0.510. The van der Waals surface area contributed by atoms with Gasteiger partial charge in [0.2, 0.25) is 0 Å². The molecule has 0 aromatic heterocycles. The first-order chi connectivity index (χ1) is 6.22. The van der Waals surface area contributed by atoms with E-state index in [4.69, 9.17) is 9.47 Å². The van der Waals surface area contributed by atoms with Crippen molar-refractivity contribution in [3.8, 4) is 11.5 Å². The van der Waals surface area contributed by atoms with Gasteiger partial charge in [0.1, 0.15) is 18.2 Å². The standard InChI is InChI=1S/C9H10FIO2/c1-12-7-3-6(5-10)4-8(13-2)9(7)11/h3-4H,5H2,1-2H3. The molecule has 1 aromatic rings. The van der Waals surface area contributed by atoms with Gasteiger partial charge in [-0.05, 0) is 40.3 Å². The predicted molar refractivity (Wildman–Crippen MR) is 57.1 cm³/mol. The number of benzene rings is 1. The Balaban J connectivity index is 3.20. The smallest absolute Gasteiger partial charge is 0.136 e. The molecule has 0 aliphatic heterocycles. The number of halogens is 2. The van der Waals surface area contributed by atoms with Gasteiger partial charge in [0.05, 0.1) is 17.8 Å². The molecular weight excluding hydrogens is 286 g/mol. The Morgan fingerprint density at radius 1 is 1.23 bits per heavy atom. The van der Waals surface area contributed by atoms with Crippen molar-refractivity contribution in [2.24, 2.45) is 0 Å². The molecule has 0 bridgehead atoms. The van der Waals surface area contributed by atoms with E-state index in [0.29, 0.717) is 17.1 Å². The summed E-state index contributed by atoms with van der Waals surface area (Å²) >= 11 is 2.10. The fraction of sp³-hybridized carbons (Fsp3) is 0.333. The maximum Gasteiger partial charge on any atom is 0.136 e. The van der Waals surface area contributed by atoms with E-state index in [1.54, 1.807) is 26.4 Å². The highest BCUT2D eigenvalue weighted by molar-refractivity contribution is 14.1. The molecule has 0 aliphatic rings. The molecule has 0 amide bonds. The van der Waals surface area contributed by atoms with Crippen LogP contribution in [0.3, 0.4) is 0 Å². The minimum absolute atomic E-state index is 0.510. The minimum Gasteiger partial charge on any atom is -0.495 e. The Kier molecular flexibility index (Phi) is 3.77. The number of hydrogen-bond donors (Lipinski definition) is 0. The topological polar surface area (TPSA) is 18.5 Å². The van der Waals surface area contributed by atoms with Crippen LogP contribution < -0.4 is 9.47 Å². The molecule has 0 radical (unpaired) electrons. The molecule has 13 heavy (non-hydrogen) atoms. The zero-order valence-electron chi connectivity index (χ0n) is 7.43. The highest BCUT2D eigenvalue weighted by Crippen LogP contribution is 2.31. The molecule has 0 saturated carbocycles. The second kappa shape index (κ2) is 4.64. The summed E-state index contributed by atoms with van der Waals surface area (Å²) in [7, 11) is 3.11. The number of methoxy groups -OCH3 is 2. The molecule has 1 aromatic carbocycles. The Morgan fingerprint density at radius 2 is 1.69 bits per heavy atom. The van der Waals surface area contributed by atoms with Crippen molar-refractivity contribution in [3.63, 3.8) is 0 Å². The van der Waals surface area contributed by atoms with Crippen LogP contribution in [0.1, 0.15) is 5.56 Å². The van der Waals surface area contributed by atoms with Crippen LogP contribution in [-0.4, -0.2) is 14.2 Å². The third kappa shape index (κ3) is 2.24. The SMILES string of the molecule is COc1cc(CF)cc(OC)c1I. The quantitative estimate of drug-likeness (QED) is 0.799. The van der Waals surface area contributed by atoms with Crippen molar-refractivity contribution in [3.05, 3.63) is 21.3 Å². The number of hydrogen-bond acceptors (Lipinski definition) is 2. The van der Waals surface area contributed by atoms with Crippen LogP contribution in [0.2, 0.25) is 0 Å². The molecule has 0 aliphatic carbocycles. The maximum atomic E-state index is 12.4. The van der Waals surface area contributed by atoms with Gasteiger partial charge in [0, 0.05) is 0 Å². The summed E-state index contributed by atoms with van der Waals surface area (Å²) in [5, 5.41) is 0. The van der Waals surface area contributed by atoms with Gasteiger partial charge in [0.15, 0.2) is 0 Å². The van der Waals surface area contributed by atoms with Gasteiger partial charge in [-0.25, -0.2) is 4.39 Å². The maximum absolute atomic E-state index is 12.4. The molecule has 0 atom stereocenters. The van der Waals surface area contributed by atoms with Gasteiger partial charge in [-0.1, -0.05) is 0 Å². The molecule has 0 heterocycles. The van der Waals surface area contributed by atoms with Gasteiger partial charge in [-0.3, -0.25) is 0 Å². The summed E-state index contributed by atoms with van der Waals surface area (Å²) < 4.78 is 23.4. The Morgan fingerprint density at radius 3 is 2.00 bits per heavy atom. The van der Waals surface area contributed by atoms with E-state index < -0.39 is 6.67 Å². The lowest BCUT2D eigenvalue weighted by Gasteiger charge is -2.09. The van der Waals surface area contributed by atoms with E-state index in [9.17, 15) is 4.39 Å². The summed E-state index contributed by atoms with van der Waals surface area (Å²) in [6, 6.07) is 3.34. The van der Waals surface area contributed by atoms with E-state index in [0.717, 1.165) is 3.57 Å². The monoisotopic (exact) mass is 296 g/mol. The highest BCUT2D eigenvalue weighted by atomic mass is 127. The van der Waals surface area contributed by atoms with Crippen molar-refractivity contribution in [2.75, 3.05) is 14.2 Å². The zero-order chi connectivity index (χ0) is 9.84. The van der Waals surface area contributed by atoms with E-state index in [-0.39, 0.29) is 0 Å². The fourth-order valence-electron chi connectivity index (χ4n) is 1.00. The van der Waals surface area contributed by atoms with Crippen LogP contribution in [0.4, 0.5) is 4.39 Å². The molecular formula is C9H10FIO2. The number of ether oxygens (including phenoxy) is 2. The predicted octanol–water partition coefficient (Wildman–Crippen LogP) is 2.78. The Labute approximate surface area is 90.2 Å². The molecule has 4 heteroatoms. The first-order valence-electron chi connectivity index (χ1n) is 3.69. The van der Waals surface area contributed by atoms with Gasteiger partial charge in [0.25, 0.3) is 0 Å². The van der Waals surface area contributed by atoms with Gasteiger partial charge < -0.3 is 9.47 Å². The van der Waals surface area contributed by atoms with Crippen molar-refractivity contribution in [1.29, 1.82) is 0 Å². The van der Waals surface area contributed by atoms with E-state index in [1.165, 1.54) is 0 Å².